The van der Waals surface area contributed by atoms with Crippen LogP contribution in [-0.4, -0.2) is 32.6 Å². The fraction of sp³-hybridized carbons (Fsp3) is 0.500. The average molecular weight is 312 g/mol. The lowest BCUT2D eigenvalue weighted by Crippen LogP contribution is -2.40. The van der Waals surface area contributed by atoms with Crippen molar-refractivity contribution in [1.82, 2.24) is 4.72 Å². The summed E-state index contributed by atoms with van der Waals surface area (Å²) in [6, 6.07) is 6.17. The minimum atomic E-state index is -3.45. The predicted molar refractivity (Wildman–Crippen MR) is 79.7 cm³/mol. The molecule has 3 N–H and O–H groups in total. The molecule has 2 rings (SSSR count). The Labute approximate surface area is 124 Å². The normalized spacial score (nSPS) is 25.7. The summed E-state index contributed by atoms with van der Waals surface area (Å²) in [6.45, 7) is 1.75. The molecule has 1 aliphatic rings. The van der Waals surface area contributed by atoms with Gasteiger partial charge >= 0.3 is 5.97 Å². The number of carboxylic acids is 1. The first-order chi connectivity index (χ1) is 9.79. The second-order valence-electron chi connectivity index (χ2n) is 5.54. The van der Waals surface area contributed by atoms with Crippen molar-refractivity contribution >= 4 is 21.7 Å². The van der Waals surface area contributed by atoms with Gasteiger partial charge < -0.3 is 10.4 Å². The van der Waals surface area contributed by atoms with Gasteiger partial charge in [0.2, 0.25) is 10.0 Å². The predicted octanol–water partition coefficient (Wildman–Crippen LogP) is 1.65. The lowest BCUT2D eigenvalue weighted by atomic mass is 9.85. The number of carboxylic acid groups (broad SMARTS) is 1. The van der Waals surface area contributed by atoms with Gasteiger partial charge in [-0.3, -0.25) is 4.79 Å². The molecule has 0 heterocycles. The second-order valence-corrected chi connectivity index (χ2v) is 7.43. The Kier molecular flexibility index (Phi) is 4.25. The van der Waals surface area contributed by atoms with Crippen molar-refractivity contribution in [2.45, 2.75) is 37.1 Å². The zero-order valence-corrected chi connectivity index (χ0v) is 12.9. The molecule has 2 atom stereocenters. The second kappa shape index (κ2) is 5.65. The fourth-order valence-electron chi connectivity index (χ4n) is 2.70. The third-order valence-electron chi connectivity index (χ3n) is 4.22. The Morgan fingerprint density at radius 2 is 1.95 bits per heavy atom. The number of benzene rings is 1. The monoisotopic (exact) mass is 312 g/mol. The van der Waals surface area contributed by atoms with Crippen LogP contribution in [0.15, 0.2) is 29.2 Å². The van der Waals surface area contributed by atoms with Gasteiger partial charge in [0.25, 0.3) is 0 Å². The molecule has 0 aromatic heterocycles. The molecular formula is C14H20N2O4S. The van der Waals surface area contributed by atoms with E-state index in [1.165, 1.54) is 19.2 Å². The molecule has 2 unspecified atom stereocenters. The van der Waals surface area contributed by atoms with Crippen molar-refractivity contribution in [3.05, 3.63) is 24.3 Å². The highest BCUT2D eigenvalue weighted by molar-refractivity contribution is 7.89. The van der Waals surface area contributed by atoms with Gasteiger partial charge in [-0.15, -0.1) is 0 Å². The van der Waals surface area contributed by atoms with E-state index in [0.717, 1.165) is 18.5 Å². The fourth-order valence-corrected chi connectivity index (χ4v) is 3.43. The van der Waals surface area contributed by atoms with Crippen LogP contribution in [0.2, 0.25) is 0 Å². The molecule has 0 aliphatic heterocycles. The Morgan fingerprint density at radius 3 is 2.48 bits per heavy atom. The van der Waals surface area contributed by atoms with Crippen LogP contribution >= 0.6 is 0 Å². The third kappa shape index (κ3) is 3.03. The number of aliphatic carboxylic acids is 1. The molecule has 1 aromatic rings. The summed E-state index contributed by atoms with van der Waals surface area (Å²) in [6.07, 6.45) is 2.30. The number of carbonyl (C=O) groups is 1. The molecule has 0 bridgehead atoms. The first-order valence-corrected chi connectivity index (χ1v) is 8.31. The van der Waals surface area contributed by atoms with Crippen molar-refractivity contribution in [2.75, 3.05) is 12.4 Å². The van der Waals surface area contributed by atoms with E-state index in [1.807, 2.05) is 0 Å². The summed E-state index contributed by atoms with van der Waals surface area (Å²) in [5.74, 6) is -0.799. The minimum Gasteiger partial charge on any atom is -0.481 e. The molecule has 6 nitrogen and oxygen atoms in total. The molecule has 0 saturated heterocycles. The van der Waals surface area contributed by atoms with Crippen LogP contribution in [0.4, 0.5) is 5.69 Å². The molecule has 21 heavy (non-hydrogen) atoms. The smallest absolute Gasteiger partial charge is 0.311 e. The molecule has 116 valence electrons. The average Bonchev–Trinajstić information content (AvgIpc) is 2.82. The summed E-state index contributed by atoms with van der Waals surface area (Å²) in [4.78, 5) is 11.6. The van der Waals surface area contributed by atoms with Crippen LogP contribution in [0.5, 0.6) is 0 Å². The molecule has 1 aliphatic carbocycles. The van der Waals surface area contributed by atoms with E-state index in [2.05, 4.69) is 10.0 Å². The first-order valence-electron chi connectivity index (χ1n) is 6.83. The number of hydrogen-bond donors (Lipinski definition) is 3. The van der Waals surface area contributed by atoms with E-state index in [0.29, 0.717) is 6.42 Å². The van der Waals surface area contributed by atoms with Gasteiger partial charge in [0.1, 0.15) is 0 Å². The van der Waals surface area contributed by atoms with Crippen LogP contribution in [0.25, 0.3) is 0 Å². The van der Waals surface area contributed by atoms with E-state index in [9.17, 15) is 18.3 Å². The Hall–Kier alpha value is -1.60. The number of anilines is 1. The van der Waals surface area contributed by atoms with Crippen molar-refractivity contribution in [3.8, 4) is 0 Å². The summed E-state index contributed by atoms with van der Waals surface area (Å²) >= 11 is 0. The maximum Gasteiger partial charge on any atom is 0.311 e. The molecule has 0 amide bonds. The minimum absolute atomic E-state index is 0.151. The zero-order chi connectivity index (χ0) is 15.7. The van der Waals surface area contributed by atoms with Gasteiger partial charge in [-0.2, -0.15) is 0 Å². The van der Waals surface area contributed by atoms with Gasteiger partial charge in [0.15, 0.2) is 0 Å². The quantitative estimate of drug-likeness (QED) is 0.768. The molecule has 0 spiro atoms. The van der Waals surface area contributed by atoms with Crippen molar-refractivity contribution in [2.24, 2.45) is 5.41 Å². The molecule has 1 fully saturated rings. The van der Waals surface area contributed by atoms with E-state index in [-0.39, 0.29) is 10.9 Å². The number of rotatable bonds is 5. The first kappa shape index (κ1) is 15.8. The summed E-state index contributed by atoms with van der Waals surface area (Å²) in [5, 5.41) is 12.6. The zero-order valence-electron chi connectivity index (χ0n) is 12.1. The van der Waals surface area contributed by atoms with Gasteiger partial charge in [-0.25, -0.2) is 13.1 Å². The van der Waals surface area contributed by atoms with Crippen LogP contribution < -0.4 is 10.0 Å². The van der Waals surface area contributed by atoms with Gasteiger partial charge in [-0.05, 0) is 51.1 Å². The van der Waals surface area contributed by atoms with E-state index in [1.54, 1.807) is 19.1 Å². The highest BCUT2D eigenvalue weighted by Crippen LogP contribution is 2.39. The Bertz CT molecular complexity index is 627. The maximum atomic E-state index is 11.6. The highest BCUT2D eigenvalue weighted by atomic mass is 32.2. The van der Waals surface area contributed by atoms with Crippen LogP contribution in [-0.2, 0) is 14.8 Å². The third-order valence-corrected chi connectivity index (χ3v) is 5.65. The number of sulfonamides is 1. The molecule has 7 heteroatoms. The van der Waals surface area contributed by atoms with Crippen LogP contribution in [0.3, 0.4) is 0 Å². The maximum absolute atomic E-state index is 11.6. The molecule has 1 aromatic carbocycles. The lowest BCUT2D eigenvalue weighted by molar-refractivity contribution is -0.147. The van der Waals surface area contributed by atoms with Crippen molar-refractivity contribution in [3.63, 3.8) is 0 Å². The number of nitrogens with one attached hydrogen (secondary N) is 2. The Morgan fingerprint density at radius 1 is 1.33 bits per heavy atom. The largest absolute Gasteiger partial charge is 0.481 e. The van der Waals surface area contributed by atoms with Crippen molar-refractivity contribution < 1.29 is 18.3 Å². The topological polar surface area (TPSA) is 95.5 Å². The summed E-state index contributed by atoms with van der Waals surface area (Å²) < 4.78 is 25.5. The van der Waals surface area contributed by atoms with E-state index in [4.69, 9.17) is 0 Å². The summed E-state index contributed by atoms with van der Waals surface area (Å²) in [7, 11) is -2.09. The van der Waals surface area contributed by atoms with Gasteiger partial charge in [-0.1, -0.05) is 6.42 Å². The van der Waals surface area contributed by atoms with Crippen molar-refractivity contribution in [1.29, 1.82) is 0 Å². The van der Waals surface area contributed by atoms with Gasteiger partial charge in [0.05, 0.1) is 10.3 Å². The van der Waals surface area contributed by atoms with E-state index >= 15 is 0 Å². The molecule has 0 radical (unpaired) electrons. The summed E-state index contributed by atoms with van der Waals surface area (Å²) in [5.41, 5.74) is -0.0557. The molecule has 1 saturated carbocycles. The van der Waals surface area contributed by atoms with Gasteiger partial charge in [0, 0.05) is 11.7 Å². The number of hydrogen-bond acceptors (Lipinski definition) is 4. The SMILES string of the molecule is CNS(=O)(=O)c1ccc(NC2CCCC2(C)C(=O)O)cc1. The highest BCUT2D eigenvalue weighted by Gasteiger charge is 2.45. The Balaban J connectivity index is 2.16. The van der Waals surface area contributed by atoms with Crippen LogP contribution in [0, 0.1) is 5.41 Å². The standard InChI is InChI=1S/C14H20N2O4S/c1-14(13(17)18)9-3-4-12(14)16-10-5-7-11(8-6-10)21(19,20)15-2/h5-8,12,15-16H,3-4,9H2,1-2H3,(H,17,18). The molecular weight excluding hydrogens is 292 g/mol. The van der Waals surface area contributed by atoms with Crippen LogP contribution in [0.1, 0.15) is 26.2 Å². The lowest BCUT2D eigenvalue weighted by Gasteiger charge is -2.28. The van der Waals surface area contributed by atoms with E-state index < -0.39 is 21.4 Å².